The predicted molar refractivity (Wildman–Crippen MR) is 85.3 cm³/mol. The van der Waals surface area contributed by atoms with Crippen LogP contribution < -0.4 is 10.1 Å². The molecule has 0 saturated heterocycles. The minimum absolute atomic E-state index is 0.0000463. The monoisotopic (exact) mass is 349 g/mol. The van der Waals surface area contributed by atoms with Gasteiger partial charge in [-0.1, -0.05) is 35.0 Å². The summed E-state index contributed by atoms with van der Waals surface area (Å²) in [6, 6.07) is 10.8. The molecule has 0 amide bonds. The number of rotatable bonds is 4. The van der Waals surface area contributed by atoms with Gasteiger partial charge in [0.1, 0.15) is 11.6 Å². The Balaban J connectivity index is 2.07. The molecule has 0 bridgehead atoms. The van der Waals surface area contributed by atoms with Crippen LogP contribution in [0.15, 0.2) is 40.9 Å². The van der Waals surface area contributed by atoms with E-state index in [0.29, 0.717) is 0 Å². The number of benzene rings is 2. The third-order valence-corrected chi connectivity index (χ3v) is 4.16. The van der Waals surface area contributed by atoms with Crippen LogP contribution in [0.5, 0.6) is 5.75 Å². The molecule has 4 heteroatoms. The van der Waals surface area contributed by atoms with Gasteiger partial charge in [0.05, 0.1) is 12.6 Å². The summed E-state index contributed by atoms with van der Waals surface area (Å²) in [6.45, 7) is 3.61. The molecule has 1 N–H and O–H groups in total. The van der Waals surface area contributed by atoms with Crippen LogP contribution in [-0.2, 0) is 6.42 Å². The van der Waals surface area contributed by atoms with Gasteiger partial charge in [0.15, 0.2) is 0 Å². The first-order chi connectivity index (χ1) is 10.2. The molecule has 110 valence electrons. The molecule has 1 aliphatic heterocycles. The van der Waals surface area contributed by atoms with Gasteiger partial charge in [-0.3, -0.25) is 0 Å². The Hall–Kier alpha value is -1.39. The number of halogens is 2. The molecule has 21 heavy (non-hydrogen) atoms. The summed E-state index contributed by atoms with van der Waals surface area (Å²) in [5.74, 6) is 0.748. The number of fused-ring (bicyclic) bond motifs is 1. The average Bonchev–Trinajstić information content (AvgIpc) is 2.93. The van der Waals surface area contributed by atoms with Crippen molar-refractivity contribution in [3.05, 3.63) is 63.4 Å². The van der Waals surface area contributed by atoms with Crippen molar-refractivity contribution in [2.45, 2.75) is 19.4 Å². The summed E-state index contributed by atoms with van der Waals surface area (Å²) in [5.41, 5.74) is 3.36. The highest BCUT2D eigenvalue weighted by atomic mass is 79.9. The largest absolute Gasteiger partial charge is 0.493 e. The molecule has 1 heterocycles. The summed E-state index contributed by atoms with van der Waals surface area (Å²) in [6.07, 6.45) is 0.935. The second kappa shape index (κ2) is 6.16. The SMILES string of the molecule is CCNC(c1ccc(F)cc1)c1cc(Br)cc2c1OCC2. The predicted octanol–water partition coefficient (Wildman–Crippen LogP) is 4.22. The van der Waals surface area contributed by atoms with Crippen LogP contribution in [0.3, 0.4) is 0 Å². The lowest BCUT2D eigenvalue weighted by molar-refractivity contribution is 0.350. The number of ether oxygens (including phenoxy) is 1. The average molecular weight is 350 g/mol. The van der Waals surface area contributed by atoms with Crippen molar-refractivity contribution >= 4 is 15.9 Å². The zero-order valence-electron chi connectivity index (χ0n) is 11.8. The molecule has 0 aliphatic carbocycles. The number of hydrogen-bond acceptors (Lipinski definition) is 2. The second-order valence-electron chi connectivity index (χ2n) is 5.12. The second-order valence-corrected chi connectivity index (χ2v) is 6.04. The Morgan fingerprint density at radius 3 is 2.76 bits per heavy atom. The maximum atomic E-state index is 13.2. The smallest absolute Gasteiger partial charge is 0.127 e. The summed E-state index contributed by atoms with van der Waals surface area (Å²) >= 11 is 3.58. The Kier molecular flexibility index (Phi) is 4.27. The van der Waals surface area contributed by atoms with E-state index in [1.165, 1.54) is 17.7 Å². The van der Waals surface area contributed by atoms with E-state index in [1.807, 2.05) is 12.1 Å². The fourth-order valence-electron chi connectivity index (χ4n) is 2.78. The first-order valence-corrected chi connectivity index (χ1v) is 7.92. The highest BCUT2D eigenvalue weighted by Gasteiger charge is 2.24. The fraction of sp³-hybridized carbons (Fsp3) is 0.294. The molecule has 0 saturated carbocycles. The molecular formula is C17H17BrFNO. The van der Waals surface area contributed by atoms with Crippen LogP contribution in [0, 0.1) is 5.82 Å². The fourth-order valence-corrected chi connectivity index (χ4v) is 3.30. The maximum Gasteiger partial charge on any atom is 0.127 e. The molecule has 0 radical (unpaired) electrons. The Labute approximate surface area is 132 Å². The van der Waals surface area contributed by atoms with Crippen molar-refractivity contribution in [2.75, 3.05) is 13.2 Å². The molecule has 1 aliphatic rings. The van der Waals surface area contributed by atoms with E-state index in [0.717, 1.165) is 40.9 Å². The van der Waals surface area contributed by atoms with Crippen LogP contribution in [0.25, 0.3) is 0 Å². The Bertz CT molecular complexity index is 642. The molecule has 1 atom stereocenters. The van der Waals surface area contributed by atoms with Crippen LogP contribution in [-0.4, -0.2) is 13.2 Å². The van der Waals surface area contributed by atoms with Crippen LogP contribution in [0.2, 0.25) is 0 Å². The van der Waals surface area contributed by atoms with Gasteiger partial charge >= 0.3 is 0 Å². The van der Waals surface area contributed by atoms with Crippen molar-refractivity contribution in [3.8, 4) is 5.75 Å². The topological polar surface area (TPSA) is 21.3 Å². The molecular weight excluding hydrogens is 333 g/mol. The van der Waals surface area contributed by atoms with Crippen molar-refractivity contribution in [1.29, 1.82) is 0 Å². The van der Waals surface area contributed by atoms with Crippen LogP contribution in [0.4, 0.5) is 4.39 Å². The van der Waals surface area contributed by atoms with Gasteiger partial charge in [-0.25, -0.2) is 4.39 Å². The molecule has 2 aromatic rings. The maximum absolute atomic E-state index is 13.2. The highest BCUT2D eigenvalue weighted by Crippen LogP contribution is 2.38. The van der Waals surface area contributed by atoms with Crippen molar-refractivity contribution in [1.82, 2.24) is 5.32 Å². The standard InChI is InChI=1S/C17H17BrFNO/c1-2-20-16(11-3-5-14(19)6-4-11)15-10-13(18)9-12-7-8-21-17(12)15/h3-6,9-10,16,20H,2,7-8H2,1H3. The van der Waals surface area contributed by atoms with Gasteiger partial charge in [0, 0.05) is 16.5 Å². The van der Waals surface area contributed by atoms with Gasteiger partial charge in [-0.2, -0.15) is 0 Å². The van der Waals surface area contributed by atoms with Crippen LogP contribution in [0.1, 0.15) is 29.7 Å². The molecule has 3 rings (SSSR count). The Morgan fingerprint density at radius 2 is 2.05 bits per heavy atom. The molecule has 2 aromatic carbocycles. The van der Waals surface area contributed by atoms with E-state index in [1.54, 1.807) is 0 Å². The number of hydrogen-bond donors (Lipinski definition) is 1. The van der Waals surface area contributed by atoms with E-state index in [4.69, 9.17) is 4.74 Å². The zero-order valence-corrected chi connectivity index (χ0v) is 13.4. The van der Waals surface area contributed by atoms with Crippen molar-refractivity contribution in [3.63, 3.8) is 0 Å². The van der Waals surface area contributed by atoms with E-state index in [-0.39, 0.29) is 11.9 Å². The first kappa shape index (κ1) is 14.5. The van der Waals surface area contributed by atoms with Gasteiger partial charge < -0.3 is 10.1 Å². The minimum atomic E-state index is -0.218. The van der Waals surface area contributed by atoms with E-state index in [9.17, 15) is 4.39 Å². The quantitative estimate of drug-likeness (QED) is 0.891. The van der Waals surface area contributed by atoms with Crippen LogP contribution >= 0.6 is 15.9 Å². The molecule has 2 nitrogen and oxygen atoms in total. The summed E-state index contributed by atoms with van der Waals surface area (Å²) in [5, 5.41) is 3.47. The lowest BCUT2D eigenvalue weighted by atomic mass is 9.95. The van der Waals surface area contributed by atoms with Gasteiger partial charge in [0.2, 0.25) is 0 Å². The first-order valence-electron chi connectivity index (χ1n) is 7.13. The highest BCUT2D eigenvalue weighted by molar-refractivity contribution is 9.10. The molecule has 0 fully saturated rings. The minimum Gasteiger partial charge on any atom is -0.493 e. The lowest BCUT2D eigenvalue weighted by Gasteiger charge is -2.21. The van der Waals surface area contributed by atoms with Gasteiger partial charge in [0.25, 0.3) is 0 Å². The van der Waals surface area contributed by atoms with Gasteiger partial charge in [-0.15, -0.1) is 0 Å². The van der Waals surface area contributed by atoms with Gasteiger partial charge in [-0.05, 0) is 41.9 Å². The third kappa shape index (κ3) is 2.97. The normalized spacial score (nSPS) is 14.6. The molecule has 0 spiro atoms. The summed E-state index contributed by atoms with van der Waals surface area (Å²) in [7, 11) is 0. The lowest BCUT2D eigenvalue weighted by Crippen LogP contribution is -2.22. The third-order valence-electron chi connectivity index (χ3n) is 3.70. The summed E-state index contributed by atoms with van der Waals surface area (Å²) < 4.78 is 20.0. The summed E-state index contributed by atoms with van der Waals surface area (Å²) in [4.78, 5) is 0. The van der Waals surface area contributed by atoms with Crippen molar-refractivity contribution in [2.24, 2.45) is 0 Å². The van der Waals surface area contributed by atoms with Crippen molar-refractivity contribution < 1.29 is 9.13 Å². The zero-order chi connectivity index (χ0) is 14.8. The molecule has 1 unspecified atom stereocenters. The molecule has 0 aromatic heterocycles. The van der Waals surface area contributed by atoms with E-state index < -0.39 is 0 Å². The van der Waals surface area contributed by atoms with E-state index in [2.05, 4.69) is 40.3 Å². The van der Waals surface area contributed by atoms with E-state index >= 15 is 0 Å². The Morgan fingerprint density at radius 1 is 1.29 bits per heavy atom. The number of nitrogens with one attached hydrogen (secondary N) is 1.